The van der Waals surface area contributed by atoms with Gasteiger partial charge in [0.2, 0.25) is 12.8 Å². The molecule has 2 aromatic rings. The summed E-state index contributed by atoms with van der Waals surface area (Å²) in [5.41, 5.74) is 0. The van der Waals surface area contributed by atoms with Gasteiger partial charge in [-0.3, -0.25) is 20.0 Å². The average Bonchev–Trinajstić information content (AvgIpc) is 2.69. The van der Waals surface area contributed by atoms with Crippen LogP contribution in [0.5, 0.6) is 11.5 Å². The topological polar surface area (TPSA) is 99.5 Å². The van der Waals surface area contributed by atoms with Gasteiger partial charge >= 0.3 is 0 Å². The summed E-state index contributed by atoms with van der Waals surface area (Å²) in [5, 5.41) is 20.4. The van der Waals surface area contributed by atoms with Crippen molar-refractivity contribution in [2.75, 3.05) is 13.2 Å². The van der Waals surface area contributed by atoms with Crippen LogP contribution in [0.1, 0.15) is 0 Å². The van der Waals surface area contributed by atoms with E-state index in [-0.39, 0.29) is 56.1 Å². The molecule has 0 aliphatic heterocycles. The lowest BCUT2D eigenvalue weighted by atomic mass is 10.1. The van der Waals surface area contributed by atoms with Crippen molar-refractivity contribution < 1.29 is 33.9 Å². The van der Waals surface area contributed by atoms with Gasteiger partial charge in [0.05, 0.1) is 11.6 Å². The molecule has 2 rings (SSSR count). The van der Waals surface area contributed by atoms with E-state index in [1.807, 2.05) is 0 Å². The SMILES string of the molecule is O=CN(O)CC(Oc1cc(Cl)cc(Cl)c1)C(COc1ccc(F)c(Cl)c1)N(O)C=O. The van der Waals surface area contributed by atoms with E-state index in [1.165, 1.54) is 30.3 Å². The van der Waals surface area contributed by atoms with Crippen LogP contribution in [0, 0.1) is 5.82 Å². The van der Waals surface area contributed by atoms with Gasteiger partial charge in [-0.25, -0.2) is 14.5 Å². The third kappa shape index (κ3) is 6.89. The largest absolute Gasteiger partial charge is 0.491 e. The van der Waals surface area contributed by atoms with Gasteiger partial charge in [-0.15, -0.1) is 0 Å². The Kier molecular flexibility index (Phi) is 8.94. The second-order valence-electron chi connectivity index (χ2n) is 5.93. The number of hydrogen-bond acceptors (Lipinski definition) is 6. The highest BCUT2D eigenvalue weighted by atomic mass is 35.5. The van der Waals surface area contributed by atoms with Crippen LogP contribution in [-0.4, -0.2) is 58.7 Å². The minimum atomic E-state index is -1.22. The molecule has 2 aromatic carbocycles. The van der Waals surface area contributed by atoms with E-state index in [4.69, 9.17) is 44.3 Å². The standard InChI is InChI=1S/C18H16Cl3FN2O6/c19-11-3-12(20)5-14(4-11)30-18(7-23(27)9-25)17(24(28)10-26)8-29-13-1-2-16(22)15(21)6-13/h1-6,9-10,17-18,27-28H,7-8H2. The predicted molar refractivity (Wildman–Crippen MR) is 106 cm³/mol. The Hall–Kier alpha value is -2.30. The molecule has 2 atom stereocenters. The molecule has 2 amide bonds. The maximum absolute atomic E-state index is 13.3. The fourth-order valence-corrected chi connectivity index (χ4v) is 3.09. The van der Waals surface area contributed by atoms with Crippen molar-refractivity contribution in [3.8, 4) is 11.5 Å². The molecule has 0 aliphatic carbocycles. The van der Waals surface area contributed by atoms with Crippen LogP contribution >= 0.6 is 34.8 Å². The summed E-state index contributed by atoms with van der Waals surface area (Å²) in [7, 11) is 0. The molecule has 12 heteroatoms. The zero-order chi connectivity index (χ0) is 22.3. The average molecular weight is 482 g/mol. The number of ether oxygens (including phenoxy) is 2. The molecule has 0 saturated heterocycles. The van der Waals surface area contributed by atoms with E-state index < -0.39 is 24.5 Å². The first-order valence-corrected chi connectivity index (χ1v) is 9.40. The van der Waals surface area contributed by atoms with Gasteiger partial charge in [0.25, 0.3) is 0 Å². The first-order valence-electron chi connectivity index (χ1n) is 8.27. The number of carbonyl (C=O) groups is 2. The second kappa shape index (κ2) is 11.2. The molecule has 0 spiro atoms. The van der Waals surface area contributed by atoms with Gasteiger partial charge in [-0.05, 0) is 30.3 Å². The Labute approximate surface area is 185 Å². The fourth-order valence-electron chi connectivity index (χ4n) is 2.42. The zero-order valence-electron chi connectivity index (χ0n) is 15.1. The molecule has 0 aliphatic rings. The van der Waals surface area contributed by atoms with E-state index in [0.29, 0.717) is 0 Å². The molecule has 2 unspecified atom stereocenters. The van der Waals surface area contributed by atoms with Gasteiger partial charge in [0.15, 0.2) is 0 Å². The molecule has 0 aromatic heterocycles. The molecule has 0 bridgehead atoms. The molecular formula is C18H16Cl3FN2O6. The van der Waals surface area contributed by atoms with Gasteiger partial charge in [-0.2, -0.15) is 0 Å². The van der Waals surface area contributed by atoms with Crippen molar-refractivity contribution in [3.05, 3.63) is 57.3 Å². The number of hydrogen-bond donors (Lipinski definition) is 2. The Balaban J connectivity index is 2.28. The monoisotopic (exact) mass is 480 g/mol. The quantitative estimate of drug-likeness (QED) is 0.289. The van der Waals surface area contributed by atoms with E-state index in [2.05, 4.69) is 0 Å². The minimum absolute atomic E-state index is 0.0929. The van der Waals surface area contributed by atoms with Gasteiger partial charge in [0.1, 0.15) is 36.1 Å². The Morgan fingerprint density at radius 2 is 1.67 bits per heavy atom. The van der Waals surface area contributed by atoms with Crippen LogP contribution in [0.3, 0.4) is 0 Å². The van der Waals surface area contributed by atoms with Gasteiger partial charge in [-0.1, -0.05) is 34.8 Å². The smallest absolute Gasteiger partial charge is 0.233 e. The van der Waals surface area contributed by atoms with Crippen molar-refractivity contribution in [2.45, 2.75) is 12.1 Å². The molecule has 162 valence electrons. The Bertz CT molecular complexity index is 871. The number of amides is 2. The third-order valence-electron chi connectivity index (χ3n) is 3.80. The van der Waals surface area contributed by atoms with Gasteiger partial charge < -0.3 is 9.47 Å². The van der Waals surface area contributed by atoms with Crippen LogP contribution in [0.15, 0.2) is 36.4 Å². The molecular weight excluding hydrogens is 466 g/mol. The third-order valence-corrected chi connectivity index (χ3v) is 4.53. The van der Waals surface area contributed by atoms with Crippen LogP contribution in [-0.2, 0) is 9.59 Å². The number of rotatable bonds is 11. The number of carbonyl (C=O) groups excluding carboxylic acids is 2. The van der Waals surface area contributed by atoms with Crippen molar-refractivity contribution in [1.29, 1.82) is 0 Å². The molecule has 0 fully saturated rings. The maximum Gasteiger partial charge on any atom is 0.233 e. The van der Waals surface area contributed by atoms with Crippen molar-refractivity contribution in [1.82, 2.24) is 10.1 Å². The molecule has 8 nitrogen and oxygen atoms in total. The van der Waals surface area contributed by atoms with E-state index in [0.717, 1.165) is 6.07 Å². The highest BCUT2D eigenvalue weighted by molar-refractivity contribution is 6.34. The summed E-state index contributed by atoms with van der Waals surface area (Å²) >= 11 is 17.6. The number of hydroxylamine groups is 4. The summed E-state index contributed by atoms with van der Waals surface area (Å²) < 4.78 is 24.5. The van der Waals surface area contributed by atoms with Crippen LogP contribution in [0.2, 0.25) is 15.1 Å². The number of halogens is 4. The number of benzene rings is 2. The number of nitrogens with zero attached hydrogens (tertiary/aromatic N) is 2. The predicted octanol–water partition coefficient (Wildman–Crippen LogP) is 3.68. The fraction of sp³-hybridized carbons (Fsp3) is 0.222. The molecule has 30 heavy (non-hydrogen) atoms. The van der Waals surface area contributed by atoms with E-state index in [9.17, 15) is 24.4 Å². The molecule has 0 radical (unpaired) electrons. The molecule has 0 saturated carbocycles. The lowest BCUT2D eigenvalue weighted by Gasteiger charge is -2.32. The first-order chi connectivity index (χ1) is 14.2. The summed E-state index contributed by atoms with van der Waals surface area (Å²) in [4.78, 5) is 22.0. The van der Waals surface area contributed by atoms with Gasteiger partial charge in [0, 0.05) is 16.1 Å². The molecule has 0 heterocycles. The second-order valence-corrected chi connectivity index (χ2v) is 7.21. The van der Waals surface area contributed by atoms with E-state index >= 15 is 0 Å². The van der Waals surface area contributed by atoms with Crippen molar-refractivity contribution >= 4 is 47.6 Å². The highest BCUT2D eigenvalue weighted by Crippen LogP contribution is 2.26. The normalized spacial score (nSPS) is 12.6. The summed E-state index contributed by atoms with van der Waals surface area (Å²) in [6.07, 6.45) is -0.988. The molecule has 2 N–H and O–H groups in total. The first kappa shape index (κ1) is 24.0. The van der Waals surface area contributed by atoms with E-state index in [1.54, 1.807) is 0 Å². The van der Waals surface area contributed by atoms with Crippen LogP contribution < -0.4 is 9.47 Å². The minimum Gasteiger partial charge on any atom is -0.491 e. The maximum atomic E-state index is 13.3. The van der Waals surface area contributed by atoms with Crippen molar-refractivity contribution in [2.24, 2.45) is 0 Å². The lowest BCUT2D eigenvalue weighted by Crippen LogP contribution is -2.52. The van der Waals surface area contributed by atoms with Crippen LogP contribution in [0.25, 0.3) is 0 Å². The van der Waals surface area contributed by atoms with Crippen LogP contribution in [0.4, 0.5) is 4.39 Å². The van der Waals surface area contributed by atoms with Crippen molar-refractivity contribution in [3.63, 3.8) is 0 Å². The summed E-state index contributed by atoms with van der Waals surface area (Å²) in [5.74, 6) is -0.365. The zero-order valence-corrected chi connectivity index (χ0v) is 17.4. The Morgan fingerprint density at radius 1 is 1.00 bits per heavy atom. The summed E-state index contributed by atoms with van der Waals surface area (Å²) in [6, 6.07) is 6.61. The summed E-state index contributed by atoms with van der Waals surface area (Å²) in [6.45, 7) is -0.834. The Morgan fingerprint density at radius 3 is 2.23 bits per heavy atom. The highest BCUT2D eigenvalue weighted by Gasteiger charge is 2.31. The lowest BCUT2D eigenvalue weighted by molar-refractivity contribution is -0.182.